The van der Waals surface area contributed by atoms with E-state index in [2.05, 4.69) is 20.9 Å². The van der Waals surface area contributed by atoms with Gasteiger partial charge in [0.25, 0.3) is 5.91 Å². The van der Waals surface area contributed by atoms with E-state index >= 15 is 0 Å². The Balaban J connectivity index is 1.51. The molecule has 3 aromatic rings. The van der Waals surface area contributed by atoms with E-state index in [1.165, 1.54) is 12.1 Å². The molecule has 7 nitrogen and oxygen atoms in total. The van der Waals surface area contributed by atoms with Crippen molar-refractivity contribution in [1.82, 2.24) is 5.32 Å². The van der Waals surface area contributed by atoms with Gasteiger partial charge in [-0.05, 0) is 55.0 Å². The molecule has 0 bridgehead atoms. The predicted octanol–water partition coefficient (Wildman–Crippen LogP) is 4.54. The zero-order valence-electron chi connectivity index (χ0n) is 18.9. The first-order valence-corrected chi connectivity index (χ1v) is 11.1. The quantitative estimate of drug-likeness (QED) is 0.502. The van der Waals surface area contributed by atoms with Crippen molar-refractivity contribution in [3.63, 3.8) is 0 Å². The molecule has 3 amide bonds. The summed E-state index contributed by atoms with van der Waals surface area (Å²) in [6.07, 6.45) is 0. The van der Waals surface area contributed by atoms with E-state index < -0.39 is 6.03 Å². The van der Waals surface area contributed by atoms with Gasteiger partial charge in [0.2, 0.25) is 0 Å². The van der Waals surface area contributed by atoms with Crippen molar-refractivity contribution in [2.24, 2.45) is 0 Å². The molecule has 8 heteroatoms. The molecule has 1 saturated heterocycles. The fraction of sp³-hybridized carbons (Fsp3) is 0.231. The van der Waals surface area contributed by atoms with Crippen molar-refractivity contribution in [3.8, 4) is 0 Å². The first-order valence-electron chi connectivity index (χ1n) is 11.1. The Morgan fingerprint density at radius 1 is 0.971 bits per heavy atom. The Labute approximate surface area is 197 Å². The van der Waals surface area contributed by atoms with Crippen LogP contribution in [0.25, 0.3) is 0 Å². The van der Waals surface area contributed by atoms with E-state index in [0.29, 0.717) is 48.8 Å². The average Bonchev–Trinajstić information content (AvgIpc) is 2.84. The number of aryl methyl sites for hydroxylation is 1. The van der Waals surface area contributed by atoms with Gasteiger partial charge < -0.3 is 25.6 Å². The van der Waals surface area contributed by atoms with Crippen molar-refractivity contribution in [2.45, 2.75) is 13.5 Å². The van der Waals surface area contributed by atoms with E-state index in [1.54, 1.807) is 24.3 Å². The maximum Gasteiger partial charge on any atom is 0.323 e. The molecular weight excluding hydrogens is 435 g/mol. The van der Waals surface area contributed by atoms with Crippen LogP contribution in [0.4, 0.5) is 26.2 Å². The molecule has 1 aliphatic rings. The molecule has 1 aliphatic heterocycles. The van der Waals surface area contributed by atoms with Crippen LogP contribution < -0.4 is 20.9 Å². The molecular formula is C26H27FN4O3. The van der Waals surface area contributed by atoms with Crippen LogP contribution >= 0.6 is 0 Å². The van der Waals surface area contributed by atoms with Gasteiger partial charge in [0, 0.05) is 30.9 Å². The number of benzene rings is 3. The van der Waals surface area contributed by atoms with Crippen molar-refractivity contribution >= 4 is 29.0 Å². The highest BCUT2D eigenvalue weighted by Crippen LogP contribution is 2.28. The zero-order chi connectivity index (χ0) is 23.9. The molecule has 176 valence electrons. The molecule has 0 aliphatic carbocycles. The highest BCUT2D eigenvalue weighted by molar-refractivity contribution is 6.04. The summed E-state index contributed by atoms with van der Waals surface area (Å²) in [5.41, 5.74) is 4.14. The third-order valence-electron chi connectivity index (χ3n) is 5.51. The maximum atomic E-state index is 13.4. The molecule has 0 aromatic heterocycles. The molecule has 4 rings (SSSR count). The van der Waals surface area contributed by atoms with Crippen LogP contribution in [0.15, 0.2) is 66.7 Å². The molecule has 0 spiro atoms. The van der Waals surface area contributed by atoms with Crippen molar-refractivity contribution < 1.29 is 18.7 Å². The number of anilines is 3. The minimum atomic E-state index is -0.407. The van der Waals surface area contributed by atoms with Gasteiger partial charge in [0.05, 0.1) is 24.6 Å². The summed E-state index contributed by atoms with van der Waals surface area (Å²) >= 11 is 0. The van der Waals surface area contributed by atoms with Gasteiger partial charge in [-0.2, -0.15) is 0 Å². The minimum Gasteiger partial charge on any atom is -0.378 e. The van der Waals surface area contributed by atoms with Crippen molar-refractivity contribution in [3.05, 3.63) is 89.2 Å². The molecule has 0 radical (unpaired) electrons. The van der Waals surface area contributed by atoms with E-state index in [4.69, 9.17) is 4.74 Å². The Kier molecular flexibility index (Phi) is 7.39. The fourth-order valence-corrected chi connectivity index (χ4v) is 3.71. The molecule has 3 N–H and O–H groups in total. The van der Waals surface area contributed by atoms with Gasteiger partial charge in [-0.25, -0.2) is 9.18 Å². The smallest absolute Gasteiger partial charge is 0.323 e. The molecule has 34 heavy (non-hydrogen) atoms. The second-order valence-electron chi connectivity index (χ2n) is 8.09. The maximum absolute atomic E-state index is 13.4. The first-order chi connectivity index (χ1) is 16.5. The molecule has 1 heterocycles. The Morgan fingerprint density at radius 3 is 2.47 bits per heavy atom. The predicted molar refractivity (Wildman–Crippen MR) is 131 cm³/mol. The Hall–Kier alpha value is -3.91. The van der Waals surface area contributed by atoms with Gasteiger partial charge >= 0.3 is 6.03 Å². The summed E-state index contributed by atoms with van der Waals surface area (Å²) in [5.74, 6) is -0.674. The lowest BCUT2D eigenvalue weighted by Gasteiger charge is -2.30. The third kappa shape index (κ3) is 6.11. The number of halogens is 1. The second-order valence-corrected chi connectivity index (χ2v) is 8.09. The number of hydrogen-bond acceptors (Lipinski definition) is 4. The monoisotopic (exact) mass is 462 g/mol. The molecule has 3 aromatic carbocycles. The molecule has 0 saturated carbocycles. The van der Waals surface area contributed by atoms with Gasteiger partial charge in [-0.15, -0.1) is 0 Å². The number of rotatable bonds is 6. The highest BCUT2D eigenvalue weighted by Gasteiger charge is 2.18. The number of carbonyl (C=O) groups excluding carboxylic acids is 2. The molecule has 0 unspecified atom stereocenters. The number of morpholine rings is 1. The number of urea groups is 1. The van der Waals surface area contributed by atoms with Crippen LogP contribution in [-0.4, -0.2) is 38.2 Å². The minimum absolute atomic E-state index is 0.193. The SMILES string of the molecule is Cc1ccc(NC(=O)Nc2cc(C(=O)NCc3cccc(F)c3)ccc2N2CCOCC2)cc1. The average molecular weight is 463 g/mol. The number of nitrogens with one attached hydrogen (secondary N) is 3. The number of nitrogens with zero attached hydrogens (tertiary/aromatic N) is 1. The van der Waals surface area contributed by atoms with Crippen LogP contribution in [0.2, 0.25) is 0 Å². The van der Waals surface area contributed by atoms with E-state index in [9.17, 15) is 14.0 Å². The lowest BCUT2D eigenvalue weighted by molar-refractivity contribution is 0.0950. The van der Waals surface area contributed by atoms with Crippen LogP contribution in [0.5, 0.6) is 0 Å². The van der Waals surface area contributed by atoms with Crippen molar-refractivity contribution in [2.75, 3.05) is 41.8 Å². The van der Waals surface area contributed by atoms with Gasteiger partial charge in [-0.1, -0.05) is 29.8 Å². The number of hydrogen-bond donors (Lipinski definition) is 3. The lowest BCUT2D eigenvalue weighted by Crippen LogP contribution is -2.37. The summed E-state index contributed by atoms with van der Waals surface area (Å²) in [5, 5.41) is 8.50. The van der Waals surface area contributed by atoms with Crippen molar-refractivity contribution in [1.29, 1.82) is 0 Å². The molecule has 1 fully saturated rings. The van der Waals surface area contributed by atoms with Gasteiger partial charge in [0.15, 0.2) is 0 Å². The normalized spacial score (nSPS) is 13.3. The summed E-state index contributed by atoms with van der Waals surface area (Å²) in [6, 6.07) is 18.4. The number of amides is 3. The second kappa shape index (κ2) is 10.8. The largest absolute Gasteiger partial charge is 0.378 e. The topological polar surface area (TPSA) is 82.7 Å². The lowest BCUT2D eigenvalue weighted by atomic mass is 10.1. The number of carbonyl (C=O) groups is 2. The fourth-order valence-electron chi connectivity index (χ4n) is 3.71. The summed E-state index contributed by atoms with van der Waals surface area (Å²) < 4.78 is 18.9. The van der Waals surface area contributed by atoms with Crippen LogP contribution in [0, 0.1) is 12.7 Å². The number of ether oxygens (including phenoxy) is 1. The summed E-state index contributed by atoms with van der Waals surface area (Å²) in [6.45, 7) is 4.70. The molecule has 0 atom stereocenters. The van der Waals surface area contributed by atoms with Gasteiger partial charge in [-0.3, -0.25) is 4.79 Å². The van der Waals surface area contributed by atoms with Gasteiger partial charge in [0.1, 0.15) is 5.82 Å². The van der Waals surface area contributed by atoms with E-state index in [0.717, 1.165) is 11.3 Å². The third-order valence-corrected chi connectivity index (χ3v) is 5.51. The first kappa shape index (κ1) is 23.3. The van der Waals surface area contributed by atoms with E-state index in [1.807, 2.05) is 37.3 Å². The van der Waals surface area contributed by atoms with Crippen LogP contribution in [-0.2, 0) is 11.3 Å². The van der Waals surface area contributed by atoms with E-state index in [-0.39, 0.29) is 18.3 Å². The van der Waals surface area contributed by atoms with Crippen LogP contribution in [0.3, 0.4) is 0 Å². The standard InChI is InChI=1S/C26H27FN4O3/c1-18-5-8-22(9-6-18)29-26(33)30-23-16-20(7-10-24(23)31-11-13-34-14-12-31)25(32)28-17-19-3-2-4-21(27)15-19/h2-10,15-16H,11-14,17H2,1H3,(H,28,32)(H2,29,30,33). The highest BCUT2D eigenvalue weighted by atomic mass is 19.1. The zero-order valence-corrected chi connectivity index (χ0v) is 18.9. The van der Waals surface area contributed by atoms with Crippen LogP contribution in [0.1, 0.15) is 21.5 Å². The Morgan fingerprint density at radius 2 is 1.74 bits per heavy atom. The summed E-state index contributed by atoms with van der Waals surface area (Å²) in [4.78, 5) is 27.6. The summed E-state index contributed by atoms with van der Waals surface area (Å²) in [7, 11) is 0. The Bertz CT molecular complexity index is 1160.